The third-order valence-electron chi connectivity index (χ3n) is 25.1. The second kappa shape index (κ2) is 32.2. The zero-order valence-corrected chi connectivity index (χ0v) is 61.1. The number of ether oxygens (including phenoxy) is 4. The van der Waals surface area contributed by atoms with Crippen molar-refractivity contribution in [1.29, 1.82) is 0 Å². The van der Waals surface area contributed by atoms with Crippen molar-refractivity contribution in [3.05, 3.63) is 207 Å². The summed E-state index contributed by atoms with van der Waals surface area (Å²) in [7, 11) is 0. The molecule has 0 aromatic heterocycles. The number of nitrogens with two attached hydrogens (primary N) is 1. The van der Waals surface area contributed by atoms with Crippen LogP contribution in [0.1, 0.15) is 250 Å². The highest BCUT2D eigenvalue weighted by atomic mass is 16.6. The highest BCUT2D eigenvalue weighted by molar-refractivity contribution is 5.81. The third kappa shape index (κ3) is 15.4. The van der Waals surface area contributed by atoms with Crippen LogP contribution in [0.15, 0.2) is 152 Å². The maximum atomic E-state index is 13.5. The summed E-state index contributed by atoms with van der Waals surface area (Å²) in [5.41, 5.74) is 23.7. The first kappa shape index (κ1) is 72.1. The molecule has 102 heavy (non-hydrogen) atoms. The lowest BCUT2D eigenvalue weighted by atomic mass is 9.59. The monoisotopic (exact) mass is 1380 g/mol. The van der Waals surface area contributed by atoms with E-state index in [1.807, 2.05) is 18.2 Å². The first-order valence-corrected chi connectivity index (χ1v) is 39.1. The van der Waals surface area contributed by atoms with Crippen molar-refractivity contribution in [1.82, 2.24) is 10.6 Å². The normalized spacial score (nSPS) is 24.9. The number of fused-ring (bicyclic) bond motifs is 18. The number of nitrogens with one attached hydrogen (secondary N) is 2. The van der Waals surface area contributed by atoms with Gasteiger partial charge in [-0.05, 0) is 203 Å². The van der Waals surface area contributed by atoms with Crippen molar-refractivity contribution in [2.24, 2.45) is 23.5 Å². The van der Waals surface area contributed by atoms with Crippen LogP contribution in [0.3, 0.4) is 0 Å². The molecule has 15 rings (SSSR count). The lowest BCUT2D eigenvalue weighted by molar-refractivity contribution is -0.135. The van der Waals surface area contributed by atoms with E-state index < -0.39 is 0 Å². The molecule has 9 atom stereocenters. The van der Waals surface area contributed by atoms with Gasteiger partial charge in [0.2, 0.25) is 0 Å². The van der Waals surface area contributed by atoms with Gasteiger partial charge in [-0.1, -0.05) is 233 Å². The summed E-state index contributed by atoms with van der Waals surface area (Å²) in [6.07, 6.45) is 26.6. The van der Waals surface area contributed by atoms with Gasteiger partial charge in [0.05, 0.1) is 0 Å². The Hall–Kier alpha value is -8.22. The Kier molecular flexibility index (Phi) is 22.8. The molecule has 0 aliphatic heterocycles. The Balaban J connectivity index is 0.000000141. The van der Waals surface area contributed by atoms with Crippen LogP contribution in [0, 0.1) is 17.8 Å². The second-order valence-corrected chi connectivity index (χ2v) is 31.7. The standard InChI is InChI=1S/C37H43NO4.C31H33NO3.C22H33NO2/c1-3-4-6-18-34(39)42-27-20-19-25-22-26-13-7-5-12-21-37(2,33(25)23-27)35(26)38-36(40)41-24-32-30-16-10-8-14-28(30)29-15-9-11-17-31(29)32;1-31-16-8-2-3-9-21(17-20-14-15-22(33)18-28(20)31)29(31)32-30(34)35-19-27-25-12-6-4-10-23(25)24-11-5-7-13-26(24)27;1-3-4-6-10-20(24)25-18-12-11-16-14-17-9-7-5-8-13-22(2,21(17)23)19(16)15-18/h8-11,14-17,19-20,23,26,32,35H,3-7,12-13,18,21-22,24H2,1-2H3,(H,38,40);4-7,10-15,18,21,27,29,33H,2-3,8-9,16-17,19H2,1H3,(H,32,34);11-12,15,17,21H,3-10,13-14,23H2,1-2H3/t26-,35-,37+;21-,29-,31+;17-,21-,22+/m000/s1. The van der Waals surface area contributed by atoms with Gasteiger partial charge in [-0.3, -0.25) is 9.59 Å². The van der Waals surface area contributed by atoms with Crippen LogP contribution in [0.5, 0.6) is 17.2 Å². The summed E-state index contributed by atoms with van der Waals surface area (Å²) in [4.78, 5) is 51.3. The molecular weight excluding hydrogens is 1270 g/mol. The zero-order chi connectivity index (χ0) is 71.0. The number of aromatic hydroxyl groups is 1. The minimum Gasteiger partial charge on any atom is -0.508 e. The van der Waals surface area contributed by atoms with Crippen molar-refractivity contribution in [2.45, 2.75) is 248 Å². The van der Waals surface area contributed by atoms with E-state index in [0.717, 1.165) is 103 Å². The number of hydrogen-bond donors (Lipinski definition) is 4. The van der Waals surface area contributed by atoms with Crippen molar-refractivity contribution < 1.29 is 43.2 Å². The molecule has 538 valence electrons. The van der Waals surface area contributed by atoms with Gasteiger partial charge in [-0.25, -0.2) is 9.59 Å². The summed E-state index contributed by atoms with van der Waals surface area (Å²) in [6.45, 7) is 11.8. The number of phenolic OH excluding ortho intramolecular Hbond substituents is 1. The molecule has 7 aromatic rings. The number of alkyl carbamates (subject to hydrolysis) is 2. The quantitative estimate of drug-likeness (QED) is 0.0414. The maximum Gasteiger partial charge on any atom is 0.407 e. The molecule has 3 saturated carbocycles. The Labute approximate surface area is 606 Å². The van der Waals surface area contributed by atoms with Crippen LogP contribution >= 0.6 is 0 Å². The fraction of sp³-hybridized carbons (Fsp3) is 0.489. The molecule has 6 bridgehead atoms. The molecule has 0 heterocycles. The average molecular weight is 1380 g/mol. The molecule has 2 amide bonds. The fourth-order valence-electron chi connectivity index (χ4n) is 19.6. The summed E-state index contributed by atoms with van der Waals surface area (Å²) in [5, 5.41) is 16.9. The molecule has 12 heteroatoms. The molecule has 0 radical (unpaired) electrons. The number of unbranched alkanes of at least 4 members (excludes halogenated alkanes) is 4. The summed E-state index contributed by atoms with van der Waals surface area (Å²) in [5.74, 6) is 2.69. The second-order valence-electron chi connectivity index (χ2n) is 31.7. The maximum absolute atomic E-state index is 13.5. The lowest BCUT2D eigenvalue weighted by Crippen LogP contribution is -2.57. The van der Waals surface area contributed by atoms with Crippen molar-refractivity contribution >= 4 is 24.1 Å². The van der Waals surface area contributed by atoms with Crippen LogP contribution in [0.2, 0.25) is 0 Å². The Bertz CT molecular complexity index is 4030. The van der Waals surface area contributed by atoms with Gasteiger partial charge in [0.15, 0.2) is 0 Å². The Morgan fingerprint density at radius 1 is 0.441 bits per heavy atom. The average Bonchev–Trinajstić information content (AvgIpc) is 1.33. The predicted molar refractivity (Wildman–Crippen MR) is 405 cm³/mol. The van der Waals surface area contributed by atoms with E-state index in [4.69, 9.17) is 24.7 Å². The third-order valence-corrected chi connectivity index (χ3v) is 25.1. The zero-order valence-electron chi connectivity index (χ0n) is 61.1. The predicted octanol–water partition coefficient (Wildman–Crippen LogP) is 20.1. The Morgan fingerprint density at radius 2 is 0.804 bits per heavy atom. The molecule has 0 unspecified atom stereocenters. The minimum absolute atomic E-state index is 0.00327. The van der Waals surface area contributed by atoms with Crippen LogP contribution in [-0.4, -0.2) is 60.6 Å². The number of hydrogen-bond acceptors (Lipinski definition) is 10. The van der Waals surface area contributed by atoms with E-state index in [2.05, 4.69) is 173 Å². The van der Waals surface area contributed by atoms with Crippen LogP contribution in [-0.2, 0) is 54.6 Å². The topological polar surface area (TPSA) is 176 Å². The van der Waals surface area contributed by atoms with Gasteiger partial charge in [0, 0.05) is 59.0 Å². The molecule has 12 nitrogen and oxygen atoms in total. The smallest absolute Gasteiger partial charge is 0.407 e. The first-order valence-electron chi connectivity index (χ1n) is 39.1. The molecular formula is C90H109N3O9. The van der Waals surface area contributed by atoms with E-state index in [0.29, 0.717) is 61.1 Å². The highest BCUT2D eigenvalue weighted by Crippen LogP contribution is 2.52. The van der Waals surface area contributed by atoms with Gasteiger partial charge in [0.25, 0.3) is 0 Å². The number of carbonyl (C=O) groups excluding carboxylic acids is 4. The number of benzene rings is 7. The van der Waals surface area contributed by atoms with E-state index in [1.165, 1.54) is 129 Å². The van der Waals surface area contributed by atoms with Crippen molar-refractivity contribution in [3.63, 3.8) is 0 Å². The molecule has 0 saturated heterocycles. The summed E-state index contributed by atoms with van der Waals surface area (Å²) in [6, 6.07) is 52.0. The molecule has 3 fully saturated rings. The SMILES string of the molecule is CCCCCC(=O)Oc1ccc2c(c1)[C@@]1(C)CCCCC[C@@H](C2)[C@@H]1N.CCCCCC(=O)Oc1ccc2c(c1)[C@@]1(C)CCCCC[C@@H](C2)[C@@H]1NC(=O)OCC1c2ccccc2-c2ccccc21.C[C@@]12CCCCC[C@@H](Cc3ccc(O)cc31)[C@@H]2NC(=O)OCC1c2ccccc2-c2ccccc21. The number of amides is 2. The fourth-order valence-corrected chi connectivity index (χ4v) is 19.6. The lowest BCUT2D eigenvalue weighted by Gasteiger charge is -2.49. The van der Waals surface area contributed by atoms with Gasteiger partial charge in [-0.2, -0.15) is 0 Å². The van der Waals surface area contributed by atoms with Gasteiger partial charge in [0.1, 0.15) is 30.5 Å². The largest absolute Gasteiger partial charge is 0.508 e. The van der Waals surface area contributed by atoms with Gasteiger partial charge >= 0.3 is 24.1 Å². The Morgan fingerprint density at radius 3 is 1.23 bits per heavy atom. The van der Waals surface area contributed by atoms with E-state index in [-0.39, 0.29) is 70.3 Å². The van der Waals surface area contributed by atoms with Gasteiger partial charge < -0.3 is 40.4 Å². The number of carbonyl (C=O) groups is 4. The molecule has 0 spiro atoms. The van der Waals surface area contributed by atoms with Crippen molar-refractivity contribution in [3.8, 4) is 39.5 Å². The number of esters is 2. The molecule has 8 aliphatic carbocycles. The summed E-state index contributed by atoms with van der Waals surface area (Å²) < 4.78 is 23.4. The van der Waals surface area contributed by atoms with Crippen LogP contribution in [0.4, 0.5) is 9.59 Å². The first-order chi connectivity index (χ1) is 49.6. The number of phenols is 1. The van der Waals surface area contributed by atoms with Crippen molar-refractivity contribution in [2.75, 3.05) is 13.2 Å². The number of rotatable bonds is 16. The van der Waals surface area contributed by atoms with Crippen LogP contribution < -0.4 is 25.8 Å². The van der Waals surface area contributed by atoms with E-state index in [1.54, 1.807) is 6.07 Å². The summed E-state index contributed by atoms with van der Waals surface area (Å²) >= 11 is 0. The van der Waals surface area contributed by atoms with E-state index >= 15 is 0 Å². The van der Waals surface area contributed by atoms with E-state index in [9.17, 15) is 24.3 Å². The molecule has 5 N–H and O–H groups in total. The van der Waals surface area contributed by atoms with Gasteiger partial charge in [-0.15, -0.1) is 0 Å². The van der Waals surface area contributed by atoms with Crippen LogP contribution in [0.25, 0.3) is 22.3 Å². The molecule has 8 aliphatic rings. The minimum atomic E-state index is -0.347. The molecule has 7 aromatic carbocycles. The highest BCUT2D eigenvalue weighted by Gasteiger charge is 2.50.